The summed E-state index contributed by atoms with van der Waals surface area (Å²) in [5.41, 5.74) is 6.44. The number of ether oxygens (including phenoxy) is 2. The van der Waals surface area contributed by atoms with E-state index in [9.17, 15) is 4.79 Å². The van der Waals surface area contributed by atoms with E-state index in [1.54, 1.807) is 0 Å². The third-order valence-electron chi connectivity index (χ3n) is 7.76. The molecule has 0 atom stereocenters. The molecule has 1 aliphatic heterocycles. The molecule has 0 fully saturated rings. The molecule has 0 radical (unpaired) electrons. The first-order valence-corrected chi connectivity index (χ1v) is 16.3. The van der Waals surface area contributed by atoms with Crippen molar-refractivity contribution in [3.05, 3.63) is 155 Å². The Morgan fingerprint density at radius 3 is 2.24 bits per heavy atom. The lowest BCUT2D eigenvalue weighted by Crippen LogP contribution is -2.25. The summed E-state index contributed by atoms with van der Waals surface area (Å²) in [6.45, 7) is 3.33. The molecular weight excluding hydrogens is 579 g/mol. The lowest BCUT2D eigenvalue weighted by atomic mass is 10.1. The smallest absolute Gasteiger partial charge is 0.251 e. The predicted octanol–water partition coefficient (Wildman–Crippen LogP) is 7.32. The van der Waals surface area contributed by atoms with Crippen molar-refractivity contribution in [2.45, 2.75) is 37.4 Å². The summed E-state index contributed by atoms with van der Waals surface area (Å²) in [6.07, 6.45) is 3.59. The van der Waals surface area contributed by atoms with Crippen LogP contribution in [0, 0.1) is 0 Å². The Morgan fingerprint density at radius 1 is 0.733 bits per heavy atom. The van der Waals surface area contributed by atoms with Gasteiger partial charge in [0.15, 0.2) is 11.5 Å². The van der Waals surface area contributed by atoms with Crippen LogP contribution in [0.1, 0.15) is 38.3 Å². The zero-order chi connectivity index (χ0) is 30.7. The van der Waals surface area contributed by atoms with Crippen molar-refractivity contribution in [3.8, 4) is 11.5 Å². The van der Waals surface area contributed by atoms with Crippen molar-refractivity contribution in [2.75, 3.05) is 19.1 Å². The number of rotatable bonds is 14. The second-order valence-electron chi connectivity index (χ2n) is 11.1. The molecule has 0 saturated heterocycles. The number of benzene rings is 4. The Bertz CT molecular complexity index is 1660. The maximum Gasteiger partial charge on any atom is 0.251 e. The van der Waals surface area contributed by atoms with Gasteiger partial charge >= 0.3 is 0 Å². The molecule has 1 aromatic heterocycles. The highest BCUT2D eigenvalue weighted by atomic mass is 32.2. The quantitative estimate of drug-likeness (QED) is 0.132. The van der Waals surface area contributed by atoms with Crippen LogP contribution in [-0.2, 0) is 32.5 Å². The minimum Gasteiger partial charge on any atom is -0.454 e. The summed E-state index contributed by atoms with van der Waals surface area (Å²) in [6, 6.07) is 39.1. The minimum absolute atomic E-state index is 0.0684. The molecule has 0 spiro atoms. The van der Waals surface area contributed by atoms with Gasteiger partial charge in [0, 0.05) is 54.3 Å². The maximum atomic E-state index is 12.8. The van der Waals surface area contributed by atoms with E-state index in [-0.39, 0.29) is 12.7 Å². The number of hydrogen-bond acceptors (Lipinski definition) is 6. The number of hydrogen-bond donors (Lipinski definition) is 1. The van der Waals surface area contributed by atoms with Crippen molar-refractivity contribution >= 4 is 17.7 Å². The van der Waals surface area contributed by atoms with Crippen LogP contribution in [-0.4, -0.2) is 34.9 Å². The lowest BCUT2D eigenvalue weighted by molar-refractivity contribution is 0.0951. The number of carbonyl (C=O) groups excluding carboxylic acids is 1. The molecule has 0 saturated carbocycles. The van der Waals surface area contributed by atoms with Gasteiger partial charge in [-0.15, -0.1) is 11.8 Å². The van der Waals surface area contributed by atoms with E-state index < -0.39 is 0 Å². The summed E-state index contributed by atoms with van der Waals surface area (Å²) in [5.74, 6) is 2.54. The van der Waals surface area contributed by atoms with Crippen molar-refractivity contribution < 1.29 is 14.3 Å². The second kappa shape index (κ2) is 15.4. The molecular formula is C38H37N3O3S. The summed E-state index contributed by atoms with van der Waals surface area (Å²) >= 11 is 1.87. The summed E-state index contributed by atoms with van der Waals surface area (Å²) in [5, 5.41) is 3.07. The third kappa shape index (κ3) is 8.97. The molecule has 1 N–H and O–H groups in total. The highest BCUT2D eigenvalue weighted by Crippen LogP contribution is 2.33. The Kier molecular flexibility index (Phi) is 10.4. The van der Waals surface area contributed by atoms with Gasteiger partial charge in [-0.3, -0.25) is 14.7 Å². The van der Waals surface area contributed by atoms with Crippen LogP contribution in [0.5, 0.6) is 11.5 Å². The van der Waals surface area contributed by atoms with E-state index in [1.807, 2.05) is 66.5 Å². The van der Waals surface area contributed by atoms with Crippen LogP contribution in [0.25, 0.3) is 0 Å². The minimum atomic E-state index is -0.0684. The molecule has 4 aromatic carbocycles. The third-order valence-corrected chi connectivity index (χ3v) is 8.75. The van der Waals surface area contributed by atoms with E-state index in [1.165, 1.54) is 21.6 Å². The number of nitrogens with one attached hydrogen (secondary N) is 1. The van der Waals surface area contributed by atoms with Crippen LogP contribution >= 0.6 is 11.8 Å². The van der Waals surface area contributed by atoms with Crippen molar-refractivity contribution in [2.24, 2.45) is 0 Å². The molecule has 7 heteroatoms. The van der Waals surface area contributed by atoms with Gasteiger partial charge in [-0.25, -0.2) is 0 Å². The van der Waals surface area contributed by atoms with Gasteiger partial charge < -0.3 is 14.8 Å². The van der Waals surface area contributed by atoms with Gasteiger partial charge in [0.25, 0.3) is 5.91 Å². The fraction of sp³-hybridized carbons (Fsp3) is 0.211. The first kappa shape index (κ1) is 30.4. The summed E-state index contributed by atoms with van der Waals surface area (Å²) in [4.78, 5) is 21.0. The molecule has 6 rings (SSSR count). The molecule has 0 unspecified atom stereocenters. The average molecular weight is 616 g/mol. The number of fused-ring (bicyclic) bond motifs is 1. The Morgan fingerprint density at radius 2 is 1.44 bits per heavy atom. The molecule has 228 valence electrons. The number of thioether (sulfide) groups is 1. The van der Waals surface area contributed by atoms with Gasteiger partial charge in [0.2, 0.25) is 6.79 Å². The van der Waals surface area contributed by atoms with Crippen LogP contribution < -0.4 is 14.8 Å². The van der Waals surface area contributed by atoms with Crippen molar-refractivity contribution in [1.82, 2.24) is 15.2 Å². The Hall–Kier alpha value is -4.59. The summed E-state index contributed by atoms with van der Waals surface area (Å²) in [7, 11) is 0. The van der Waals surface area contributed by atoms with Crippen LogP contribution in [0.4, 0.5) is 0 Å². The van der Waals surface area contributed by atoms with E-state index in [2.05, 4.69) is 81.9 Å². The number of aryl methyl sites for hydroxylation is 2. The highest BCUT2D eigenvalue weighted by molar-refractivity contribution is 7.99. The number of aromatic nitrogens is 1. The summed E-state index contributed by atoms with van der Waals surface area (Å²) < 4.78 is 11.1. The first-order chi connectivity index (χ1) is 22.2. The van der Waals surface area contributed by atoms with Crippen molar-refractivity contribution in [1.29, 1.82) is 0 Å². The van der Waals surface area contributed by atoms with Gasteiger partial charge in [0.05, 0.1) is 0 Å². The predicted molar refractivity (Wildman–Crippen MR) is 180 cm³/mol. The SMILES string of the molecule is O=C(NCc1ccc(CN(CCSc2ccccc2)Cc2ccc3c(c2)OCO3)cc1)c1ccc(CCc2ccccn2)cc1. The van der Waals surface area contributed by atoms with Gasteiger partial charge in [-0.2, -0.15) is 0 Å². The number of nitrogens with zero attached hydrogens (tertiary/aromatic N) is 2. The molecule has 1 aliphatic rings. The van der Waals surface area contributed by atoms with E-state index in [4.69, 9.17) is 9.47 Å². The monoisotopic (exact) mass is 615 g/mol. The van der Waals surface area contributed by atoms with Gasteiger partial charge in [-0.1, -0.05) is 66.7 Å². The zero-order valence-corrected chi connectivity index (χ0v) is 26.0. The van der Waals surface area contributed by atoms with Gasteiger partial charge in [0.1, 0.15) is 0 Å². The van der Waals surface area contributed by atoms with E-state index in [0.29, 0.717) is 12.1 Å². The van der Waals surface area contributed by atoms with Gasteiger partial charge in [-0.05, 0) is 83.6 Å². The molecule has 5 aromatic rings. The fourth-order valence-corrected chi connectivity index (χ4v) is 6.20. The maximum absolute atomic E-state index is 12.8. The Labute approximate surface area is 269 Å². The van der Waals surface area contributed by atoms with E-state index in [0.717, 1.165) is 61.0 Å². The lowest BCUT2D eigenvalue weighted by Gasteiger charge is -2.23. The molecule has 45 heavy (non-hydrogen) atoms. The molecule has 2 heterocycles. The zero-order valence-electron chi connectivity index (χ0n) is 25.2. The fourth-order valence-electron chi connectivity index (χ4n) is 5.27. The molecule has 6 nitrogen and oxygen atoms in total. The topological polar surface area (TPSA) is 63.7 Å². The van der Waals surface area contributed by atoms with E-state index >= 15 is 0 Å². The van der Waals surface area contributed by atoms with Crippen LogP contribution in [0.3, 0.4) is 0 Å². The number of amides is 1. The molecule has 0 aliphatic carbocycles. The second-order valence-corrected chi connectivity index (χ2v) is 12.2. The standard InChI is InChI=1S/C38H37N3O3S/c42-38(33-17-13-29(14-18-33)15-19-34-6-4-5-21-39-34)40-25-30-9-11-31(12-10-30)26-41(22-23-45-35-7-2-1-3-8-35)27-32-16-20-36-37(24-32)44-28-43-36/h1-14,16-18,20-21,24H,15,19,22-23,25-28H2,(H,40,42). The van der Waals surface area contributed by atoms with Crippen LogP contribution in [0.2, 0.25) is 0 Å². The highest BCUT2D eigenvalue weighted by Gasteiger charge is 2.15. The van der Waals surface area contributed by atoms with Crippen LogP contribution in [0.15, 0.2) is 126 Å². The molecule has 1 amide bonds. The molecule has 0 bridgehead atoms. The average Bonchev–Trinajstić information content (AvgIpc) is 3.56. The van der Waals surface area contributed by atoms with Crippen molar-refractivity contribution in [3.63, 3.8) is 0 Å². The Balaban J connectivity index is 1.01. The number of pyridine rings is 1. The number of carbonyl (C=O) groups is 1. The normalized spacial score (nSPS) is 11.9. The largest absolute Gasteiger partial charge is 0.454 e. The first-order valence-electron chi connectivity index (χ1n) is 15.3.